The number of nitrogens with zero attached hydrogens (tertiary/aromatic N) is 4. The minimum absolute atomic E-state index is 0.0374. The molecule has 2 heterocycles. The van der Waals surface area contributed by atoms with E-state index in [4.69, 9.17) is 25.0 Å². The van der Waals surface area contributed by atoms with E-state index in [9.17, 15) is 33.9 Å². The van der Waals surface area contributed by atoms with Gasteiger partial charge in [-0.1, -0.05) is 70.1 Å². The molecule has 6 atom stereocenters. The zero-order valence-electron chi connectivity index (χ0n) is 31.8. The standard InChI is InChI=1S/C19H25N4O5P.C17H20N4O5.BH2OP/c1-3-28-18(25)15(9-13-7-5-4-6-8-13)21-19(26)23-11-14(20-12-23)10-16(22-29)17(24)27-2;18-13(16(23)24)7-12-8-21(10-19-12)9-15(22)20-14(17(25)26)6-11-4-2-1-3-5-11;2-1-3/h4-8,11-12,15-16,22H,3,9-10,29H2,1-2H3,(H,21,26);1-5,8,10,13-14H,6-7,9,18H2,(H,20,22)(H,23,24)(H,25,26);3H2/t15-,16+;13-,14+;/m10./s1. The summed E-state index contributed by atoms with van der Waals surface area (Å²) in [5, 5.41) is 26.0. The number of benzene rings is 2. The molecular formula is C36H47BN8O11P2. The van der Waals surface area contributed by atoms with Gasteiger partial charge in [0, 0.05) is 38.1 Å². The van der Waals surface area contributed by atoms with Crippen LogP contribution in [0.2, 0.25) is 0 Å². The van der Waals surface area contributed by atoms with Gasteiger partial charge in [0.15, 0.2) is 0 Å². The van der Waals surface area contributed by atoms with Gasteiger partial charge in [-0.15, -0.1) is 0 Å². The second-order valence-electron chi connectivity index (χ2n) is 12.1. The van der Waals surface area contributed by atoms with Crippen LogP contribution in [0, 0.1) is 0 Å². The number of esters is 2. The van der Waals surface area contributed by atoms with Crippen molar-refractivity contribution in [2.24, 2.45) is 5.73 Å². The number of rotatable bonds is 18. The average molecular weight is 841 g/mol. The van der Waals surface area contributed by atoms with Crippen molar-refractivity contribution in [1.29, 1.82) is 0 Å². The number of methoxy groups -OCH3 is 1. The molecule has 0 spiro atoms. The summed E-state index contributed by atoms with van der Waals surface area (Å²) in [6.07, 6.45) is 6.45. The Kier molecular flexibility index (Phi) is 22.0. The fourth-order valence-electron chi connectivity index (χ4n) is 5.02. The first kappa shape index (κ1) is 48.5. The Morgan fingerprint density at radius 2 is 1.34 bits per heavy atom. The molecule has 0 aliphatic rings. The molecule has 2 aromatic carbocycles. The molecule has 0 aliphatic carbocycles. The normalized spacial score (nSPS) is 12.3. The number of ether oxygens (including phenoxy) is 2. The Morgan fingerprint density at radius 1 is 0.793 bits per heavy atom. The van der Waals surface area contributed by atoms with Gasteiger partial charge in [0.2, 0.25) is 5.91 Å². The Labute approximate surface area is 339 Å². The molecule has 4 rings (SSSR count). The van der Waals surface area contributed by atoms with Crippen LogP contribution in [0.5, 0.6) is 0 Å². The summed E-state index contributed by atoms with van der Waals surface area (Å²) >= 11 is 0. The van der Waals surface area contributed by atoms with E-state index in [0.29, 0.717) is 24.7 Å². The van der Waals surface area contributed by atoms with Gasteiger partial charge in [-0.3, -0.25) is 24.0 Å². The van der Waals surface area contributed by atoms with Crippen LogP contribution in [0.1, 0.15) is 29.4 Å². The molecule has 0 saturated heterocycles. The van der Waals surface area contributed by atoms with E-state index in [1.807, 2.05) is 45.5 Å². The second kappa shape index (κ2) is 26.3. The first-order valence-corrected chi connectivity index (χ1v) is 18.8. The van der Waals surface area contributed by atoms with Gasteiger partial charge >= 0.3 is 50.6 Å². The maximum absolute atomic E-state index is 12.6. The summed E-state index contributed by atoms with van der Waals surface area (Å²) in [5.74, 6) is -3.70. The van der Waals surface area contributed by atoms with Crippen molar-refractivity contribution in [1.82, 2.24) is 34.8 Å². The number of amides is 2. The molecule has 2 aromatic heterocycles. The fourth-order valence-corrected chi connectivity index (χ4v) is 5.27. The van der Waals surface area contributed by atoms with E-state index in [1.165, 1.54) is 41.3 Å². The van der Waals surface area contributed by atoms with Gasteiger partial charge < -0.3 is 40.6 Å². The van der Waals surface area contributed by atoms with Crippen LogP contribution in [0.3, 0.4) is 0 Å². The van der Waals surface area contributed by atoms with E-state index in [2.05, 4.69) is 35.1 Å². The monoisotopic (exact) mass is 840 g/mol. The number of aromatic nitrogens is 4. The van der Waals surface area contributed by atoms with Crippen molar-refractivity contribution in [2.75, 3.05) is 13.7 Å². The van der Waals surface area contributed by atoms with E-state index in [-0.39, 0.29) is 32.4 Å². The van der Waals surface area contributed by atoms with E-state index in [1.54, 1.807) is 31.2 Å². The number of carbonyl (C=O) groups is 6. The second-order valence-corrected chi connectivity index (χ2v) is 12.7. The zero-order valence-corrected chi connectivity index (χ0v) is 34.1. The Balaban J connectivity index is 0.000000377. The summed E-state index contributed by atoms with van der Waals surface area (Å²) in [6.45, 7) is 2.46. The first-order chi connectivity index (χ1) is 27.7. The quantitative estimate of drug-likeness (QED) is 0.0454. The molecule has 4 aromatic rings. The molecule has 19 nitrogen and oxygen atoms in total. The number of nitrogens with two attached hydrogens (primary N) is 1. The molecule has 0 fully saturated rings. The molecule has 2 unspecified atom stereocenters. The molecule has 2 amide bonds. The molecular weight excluding hydrogens is 793 g/mol. The summed E-state index contributed by atoms with van der Waals surface area (Å²) < 4.78 is 21.2. The van der Waals surface area contributed by atoms with Crippen molar-refractivity contribution in [3.63, 3.8) is 0 Å². The van der Waals surface area contributed by atoms with Crippen molar-refractivity contribution < 1.29 is 53.2 Å². The Bertz CT molecular complexity index is 1940. The molecule has 7 N–H and O–H groups in total. The van der Waals surface area contributed by atoms with Crippen LogP contribution in [0.4, 0.5) is 4.79 Å². The third-order valence-corrected chi connectivity index (χ3v) is 8.20. The molecule has 310 valence electrons. The molecule has 0 saturated carbocycles. The molecule has 22 heteroatoms. The average Bonchev–Trinajstić information content (AvgIpc) is 3.87. The number of carboxylic acids is 2. The predicted molar refractivity (Wildman–Crippen MR) is 216 cm³/mol. The molecule has 58 heavy (non-hydrogen) atoms. The number of aliphatic carboxylic acids is 2. The summed E-state index contributed by atoms with van der Waals surface area (Å²) in [5.41, 5.74) is 8.08. The van der Waals surface area contributed by atoms with E-state index >= 15 is 0 Å². The van der Waals surface area contributed by atoms with Gasteiger partial charge in [0.05, 0.1) is 31.4 Å². The first-order valence-electron chi connectivity index (χ1n) is 17.5. The van der Waals surface area contributed by atoms with Gasteiger partial charge in [-0.05, 0) is 18.1 Å². The number of nitrogens with one attached hydrogen (secondary N) is 3. The van der Waals surface area contributed by atoms with E-state index in [0.717, 1.165) is 11.1 Å². The number of hydrogen-bond donors (Lipinski definition) is 6. The van der Waals surface area contributed by atoms with Gasteiger partial charge in [-0.25, -0.2) is 24.4 Å². The maximum atomic E-state index is 12.6. The van der Waals surface area contributed by atoms with Crippen LogP contribution < -0.4 is 21.5 Å². The summed E-state index contributed by atoms with van der Waals surface area (Å²) in [6, 6.07) is 14.2. The fraction of sp³-hybridized carbons (Fsp3) is 0.333. The SMILES string of the molecule is CCOC(=O)[C@@H](Cc1ccccc1)NC(=O)n1cnc(C[C@H](NP)C(=O)OC)c1.N[C@@H](Cc1cn(CC(=O)N[C@H](Cc2ccccc2)C(=O)O)cn1)C(=O)O.O=BP. The molecule has 0 radical (unpaired) electrons. The van der Waals surface area contributed by atoms with Crippen LogP contribution in [0.15, 0.2) is 85.7 Å². The number of carboxylic acid groups (broad SMARTS) is 2. The molecule has 0 aliphatic heterocycles. The number of carbonyl (C=O) groups excluding carboxylic acids is 4. The number of imidazole rings is 2. The van der Waals surface area contributed by atoms with Crippen LogP contribution in [0.25, 0.3) is 0 Å². The number of hydrogen-bond acceptors (Lipinski definition) is 13. The van der Waals surface area contributed by atoms with Crippen LogP contribution >= 0.6 is 18.5 Å². The third-order valence-electron chi connectivity index (χ3n) is 7.80. The van der Waals surface area contributed by atoms with E-state index < -0.39 is 60.0 Å². The van der Waals surface area contributed by atoms with Gasteiger partial charge in [0.25, 0.3) is 0 Å². The Hall–Kier alpha value is -5.68. The summed E-state index contributed by atoms with van der Waals surface area (Å²) in [7, 11) is 5.45. The Morgan fingerprint density at radius 3 is 1.86 bits per heavy atom. The predicted octanol–water partition coefficient (Wildman–Crippen LogP) is 0.555. The van der Waals surface area contributed by atoms with Crippen molar-refractivity contribution in [3.8, 4) is 0 Å². The third kappa shape index (κ3) is 17.6. The van der Waals surface area contributed by atoms with Gasteiger partial charge in [-0.2, -0.15) is 0 Å². The van der Waals surface area contributed by atoms with Crippen molar-refractivity contribution in [3.05, 3.63) is 108 Å². The zero-order chi connectivity index (χ0) is 43.0. The van der Waals surface area contributed by atoms with Crippen molar-refractivity contribution >= 4 is 61.2 Å². The molecule has 0 bridgehead atoms. The minimum atomic E-state index is -1.14. The van der Waals surface area contributed by atoms with Crippen LogP contribution in [-0.4, -0.2) is 110 Å². The van der Waals surface area contributed by atoms with Gasteiger partial charge in [0.1, 0.15) is 37.0 Å². The topological polar surface area (TPSA) is 276 Å². The van der Waals surface area contributed by atoms with Crippen molar-refractivity contribution in [2.45, 2.75) is 63.3 Å². The van der Waals surface area contributed by atoms with Crippen LogP contribution in [-0.2, 0) is 70.4 Å². The summed E-state index contributed by atoms with van der Waals surface area (Å²) in [4.78, 5) is 79.0.